The summed E-state index contributed by atoms with van der Waals surface area (Å²) in [6.45, 7) is 0.276. The first-order valence-corrected chi connectivity index (χ1v) is 6.61. The fraction of sp³-hybridized carbons (Fsp3) is 0.250. The van der Waals surface area contributed by atoms with E-state index in [1.54, 1.807) is 0 Å². The van der Waals surface area contributed by atoms with Gasteiger partial charge in [0.15, 0.2) is 5.78 Å². The van der Waals surface area contributed by atoms with Gasteiger partial charge >= 0.3 is 5.63 Å². The number of rotatable bonds is 3. The maximum atomic E-state index is 11.8. The smallest absolute Gasteiger partial charge is 0.378 e. The fourth-order valence-electron chi connectivity index (χ4n) is 2.29. The van der Waals surface area contributed by atoms with Gasteiger partial charge in [-0.05, 0) is 12.0 Å². The summed E-state index contributed by atoms with van der Waals surface area (Å²) < 4.78 is 10.7. The van der Waals surface area contributed by atoms with E-state index in [-0.39, 0.29) is 18.1 Å². The zero-order valence-corrected chi connectivity index (χ0v) is 10.9. The molecule has 0 bridgehead atoms. The van der Waals surface area contributed by atoms with Crippen LogP contribution in [0.2, 0.25) is 0 Å². The van der Waals surface area contributed by atoms with Gasteiger partial charge < -0.3 is 9.15 Å². The third-order valence-electron chi connectivity index (χ3n) is 3.34. The van der Waals surface area contributed by atoms with Crippen LogP contribution < -0.4 is 10.4 Å². The van der Waals surface area contributed by atoms with Gasteiger partial charge in [0, 0.05) is 18.9 Å². The van der Waals surface area contributed by atoms with E-state index in [4.69, 9.17) is 9.15 Å². The largest absolute Gasteiger partial charge is 0.482 e. The number of Topliss-reactive ketones (excluding diaryl/α,β-unsaturated/α-hetero) is 1. The Bertz CT molecular complexity index is 685. The number of ether oxygens (including phenoxy) is 1. The first-order valence-electron chi connectivity index (χ1n) is 6.61. The molecule has 0 saturated carbocycles. The van der Waals surface area contributed by atoms with Gasteiger partial charge in [-0.1, -0.05) is 30.3 Å². The Morgan fingerprint density at radius 2 is 1.90 bits per heavy atom. The molecule has 1 aliphatic carbocycles. The summed E-state index contributed by atoms with van der Waals surface area (Å²) in [5.74, 6) is 0.598. The summed E-state index contributed by atoms with van der Waals surface area (Å²) in [5, 5.41) is 0. The molecule has 102 valence electrons. The van der Waals surface area contributed by atoms with E-state index in [2.05, 4.69) is 0 Å². The van der Waals surface area contributed by atoms with Gasteiger partial charge in [0.25, 0.3) is 0 Å². The molecule has 1 aromatic heterocycles. The van der Waals surface area contributed by atoms with Gasteiger partial charge in [0.2, 0.25) is 5.75 Å². The quantitative estimate of drug-likeness (QED) is 0.860. The van der Waals surface area contributed by atoms with Crippen LogP contribution in [0.5, 0.6) is 5.75 Å². The van der Waals surface area contributed by atoms with Crippen molar-refractivity contribution in [3.63, 3.8) is 0 Å². The van der Waals surface area contributed by atoms with Crippen LogP contribution in [0.4, 0.5) is 0 Å². The maximum absolute atomic E-state index is 11.8. The molecule has 0 aliphatic heterocycles. The predicted octanol–water partition coefficient (Wildman–Crippen LogP) is 2.74. The van der Waals surface area contributed by atoms with E-state index in [1.165, 1.54) is 6.07 Å². The summed E-state index contributed by atoms with van der Waals surface area (Å²) >= 11 is 0. The van der Waals surface area contributed by atoms with Crippen molar-refractivity contribution in [2.24, 2.45) is 0 Å². The van der Waals surface area contributed by atoms with Crippen molar-refractivity contribution >= 4 is 5.78 Å². The molecular weight excluding hydrogens is 256 g/mol. The molecule has 0 radical (unpaired) electrons. The molecule has 20 heavy (non-hydrogen) atoms. The van der Waals surface area contributed by atoms with Crippen LogP contribution in [0.1, 0.15) is 34.5 Å². The predicted molar refractivity (Wildman–Crippen MR) is 73.0 cm³/mol. The standard InChI is InChI=1S/C16H14O4/c17-13-7-4-8-14-12(13)9-15(16(18)20-14)19-10-11-5-2-1-3-6-11/h1-3,5-6,9H,4,7-8,10H2. The average Bonchev–Trinajstić information content (AvgIpc) is 2.47. The number of carbonyl (C=O) groups is 1. The van der Waals surface area contributed by atoms with Crippen LogP contribution in [0.15, 0.2) is 45.6 Å². The lowest BCUT2D eigenvalue weighted by atomic mass is 9.96. The highest BCUT2D eigenvalue weighted by Gasteiger charge is 2.22. The van der Waals surface area contributed by atoms with Crippen molar-refractivity contribution in [1.82, 2.24) is 0 Å². The maximum Gasteiger partial charge on any atom is 0.378 e. The van der Waals surface area contributed by atoms with Gasteiger partial charge in [-0.2, -0.15) is 0 Å². The van der Waals surface area contributed by atoms with E-state index in [0.717, 1.165) is 12.0 Å². The molecular formula is C16H14O4. The number of hydrogen-bond acceptors (Lipinski definition) is 4. The minimum absolute atomic E-state index is 0.0135. The van der Waals surface area contributed by atoms with Crippen molar-refractivity contribution in [1.29, 1.82) is 0 Å². The Balaban J connectivity index is 1.85. The zero-order valence-electron chi connectivity index (χ0n) is 10.9. The van der Waals surface area contributed by atoms with Gasteiger partial charge in [0.05, 0.1) is 5.56 Å². The summed E-state index contributed by atoms with van der Waals surface area (Å²) in [6, 6.07) is 11.0. The second-order valence-electron chi connectivity index (χ2n) is 4.79. The minimum Gasteiger partial charge on any atom is -0.482 e. The van der Waals surface area contributed by atoms with E-state index < -0.39 is 5.63 Å². The van der Waals surface area contributed by atoms with Crippen LogP contribution in [-0.4, -0.2) is 5.78 Å². The lowest BCUT2D eigenvalue weighted by Crippen LogP contribution is -2.16. The number of benzene rings is 1. The lowest BCUT2D eigenvalue weighted by molar-refractivity contribution is 0.0964. The number of hydrogen-bond donors (Lipinski definition) is 0. The molecule has 0 atom stereocenters. The second kappa shape index (κ2) is 5.33. The number of aryl methyl sites for hydroxylation is 1. The molecule has 4 nitrogen and oxygen atoms in total. The fourth-order valence-corrected chi connectivity index (χ4v) is 2.29. The molecule has 0 N–H and O–H groups in total. The van der Waals surface area contributed by atoms with Crippen molar-refractivity contribution in [2.75, 3.05) is 0 Å². The third-order valence-corrected chi connectivity index (χ3v) is 3.34. The monoisotopic (exact) mass is 270 g/mol. The highest BCUT2D eigenvalue weighted by atomic mass is 16.5. The third kappa shape index (κ3) is 2.50. The topological polar surface area (TPSA) is 56.5 Å². The Morgan fingerprint density at radius 3 is 2.70 bits per heavy atom. The second-order valence-corrected chi connectivity index (χ2v) is 4.79. The molecule has 3 rings (SSSR count). The van der Waals surface area contributed by atoms with Crippen molar-refractivity contribution in [3.8, 4) is 5.75 Å². The molecule has 4 heteroatoms. The Morgan fingerprint density at radius 1 is 1.10 bits per heavy atom. The number of ketones is 1. The summed E-state index contributed by atoms with van der Waals surface area (Å²) in [7, 11) is 0. The van der Waals surface area contributed by atoms with E-state index in [0.29, 0.717) is 24.2 Å². The van der Waals surface area contributed by atoms with Crippen LogP contribution in [0, 0.1) is 0 Å². The Kier molecular flexibility index (Phi) is 3.37. The normalized spacial score (nSPS) is 13.9. The first-order chi connectivity index (χ1) is 9.74. The average molecular weight is 270 g/mol. The molecule has 0 unspecified atom stereocenters. The highest BCUT2D eigenvalue weighted by Crippen LogP contribution is 2.23. The first kappa shape index (κ1) is 12.7. The molecule has 0 amide bonds. The molecule has 0 saturated heterocycles. The van der Waals surface area contributed by atoms with Crippen LogP contribution in [-0.2, 0) is 13.0 Å². The van der Waals surface area contributed by atoms with Gasteiger partial charge in [-0.25, -0.2) is 4.79 Å². The molecule has 2 aromatic rings. The Hall–Kier alpha value is -2.36. The van der Waals surface area contributed by atoms with E-state index in [1.807, 2.05) is 30.3 Å². The van der Waals surface area contributed by atoms with Gasteiger partial charge in [-0.3, -0.25) is 4.79 Å². The number of carbonyl (C=O) groups excluding carboxylic acids is 1. The molecule has 0 spiro atoms. The molecule has 1 heterocycles. The highest BCUT2D eigenvalue weighted by molar-refractivity contribution is 5.98. The van der Waals surface area contributed by atoms with Gasteiger partial charge in [0.1, 0.15) is 12.4 Å². The minimum atomic E-state index is -0.519. The van der Waals surface area contributed by atoms with Gasteiger partial charge in [-0.15, -0.1) is 0 Å². The van der Waals surface area contributed by atoms with E-state index >= 15 is 0 Å². The van der Waals surface area contributed by atoms with E-state index in [9.17, 15) is 9.59 Å². The van der Waals surface area contributed by atoms with Crippen LogP contribution >= 0.6 is 0 Å². The Labute approximate surface area is 116 Å². The van der Waals surface area contributed by atoms with Crippen LogP contribution in [0.3, 0.4) is 0 Å². The van der Waals surface area contributed by atoms with Crippen molar-refractivity contribution < 1.29 is 13.9 Å². The lowest BCUT2D eigenvalue weighted by Gasteiger charge is -2.13. The summed E-state index contributed by atoms with van der Waals surface area (Å²) in [4.78, 5) is 23.6. The summed E-state index contributed by atoms with van der Waals surface area (Å²) in [6.07, 6.45) is 1.87. The molecule has 0 fully saturated rings. The summed E-state index contributed by atoms with van der Waals surface area (Å²) in [5.41, 5.74) is 0.921. The SMILES string of the molecule is O=C1CCCc2oc(=O)c(OCc3ccccc3)cc21. The molecule has 1 aromatic carbocycles. The van der Waals surface area contributed by atoms with Crippen molar-refractivity contribution in [3.05, 3.63) is 63.7 Å². The zero-order chi connectivity index (χ0) is 13.9. The number of fused-ring (bicyclic) bond motifs is 1. The van der Waals surface area contributed by atoms with Crippen LogP contribution in [0.25, 0.3) is 0 Å². The molecule has 1 aliphatic rings. The van der Waals surface area contributed by atoms with Crippen molar-refractivity contribution in [2.45, 2.75) is 25.9 Å².